The van der Waals surface area contributed by atoms with Gasteiger partial charge in [0.15, 0.2) is 11.5 Å². The van der Waals surface area contributed by atoms with Crippen molar-refractivity contribution in [2.24, 2.45) is 4.99 Å². The molecule has 2 unspecified atom stereocenters. The van der Waals surface area contributed by atoms with Gasteiger partial charge in [0.1, 0.15) is 6.10 Å². The molecule has 7 nitrogen and oxygen atoms in total. The van der Waals surface area contributed by atoms with E-state index < -0.39 is 0 Å². The van der Waals surface area contributed by atoms with Gasteiger partial charge in [-0.15, -0.1) is 0 Å². The number of aliphatic imine (C=N–C) groups is 1. The summed E-state index contributed by atoms with van der Waals surface area (Å²) in [6, 6.07) is 1.82. The second-order valence-corrected chi connectivity index (χ2v) is 6.80. The van der Waals surface area contributed by atoms with Crippen molar-refractivity contribution in [3.8, 4) is 11.3 Å². The van der Waals surface area contributed by atoms with Gasteiger partial charge in [-0.25, -0.2) is 15.0 Å². The third-order valence-electron chi connectivity index (χ3n) is 4.52. The number of hydrogen-bond acceptors (Lipinski definition) is 6. The van der Waals surface area contributed by atoms with Crippen molar-refractivity contribution in [1.82, 2.24) is 19.4 Å². The molecule has 4 rings (SSSR count). The van der Waals surface area contributed by atoms with Crippen LogP contribution < -0.4 is 0 Å². The van der Waals surface area contributed by atoms with E-state index in [4.69, 9.17) is 31.1 Å². The SMILES string of the molecule is CCOC1C=CC(=Nc2nc(-c3cncc(Cl)c3)cn3ccnc23)CC1OC. The first-order valence-corrected chi connectivity index (χ1v) is 9.40. The summed E-state index contributed by atoms with van der Waals surface area (Å²) >= 11 is 6.09. The standard InChI is InChI=1S/C20H20ClN5O2/c1-3-28-17-5-4-15(9-18(17)27-2)24-19-20-23-6-7-26(20)12-16(25-19)13-8-14(21)11-22-10-13/h4-8,10-12,17-18H,3,9H2,1-2H3. The van der Waals surface area contributed by atoms with Crippen LogP contribution in [-0.2, 0) is 9.47 Å². The Labute approximate surface area is 167 Å². The minimum Gasteiger partial charge on any atom is -0.378 e. The lowest BCUT2D eigenvalue weighted by Crippen LogP contribution is -2.34. The third kappa shape index (κ3) is 3.82. The topological polar surface area (TPSA) is 73.9 Å². The van der Waals surface area contributed by atoms with Crippen molar-refractivity contribution >= 4 is 28.8 Å². The highest BCUT2D eigenvalue weighted by atomic mass is 35.5. The number of allylic oxidation sites excluding steroid dienone is 1. The van der Waals surface area contributed by atoms with Gasteiger partial charge in [-0.2, -0.15) is 0 Å². The maximum absolute atomic E-state index is 6.09. The number of pyridine rings is 1. The number of imidazole rings is 1. The molecule has 28 heavy (non-hydrogen) atoms. The highest BCUT2D eigenvalue weighted by molar-refractivity contribution is 6.30. The van der Waals surface area contributed by atoms with E-state index in [-0.39, 0.29) is 12.2 Å². The Morgan fingerprint density at radius 1 is 1.36 bits per heavy atom. The van der Waals surface area contributed by atoms with Crippen molar-refractivity contribution < 1.29 is 9.47 Å². The molecular formula is C20H20ClN5O2. The van der Waals surface area contributed by atoms with Gasteiger partial charge in [0.05, 0.1) is 16.8 Å². The van der Waals surface area contributed by atoms with E-state index in [0.717, 1.165) is 17.0 Å². The first-order chi connectivity index (χ1) is 13.7. The molecule has 1 aliphatic carbocycles. The van der Waals surface area contributed by atoms with Crippen molar-refractivity contribution in [3.63, 3.8) is 0 Å². The summed E-state index contributed by atoms with van der Waals surface area (Å²) in [7, 11) is 1.69. The van der Waals surface area contributed by atoms with Crippen molar-refractivity contribution in [1.29, 1.82) is 0 Å². The summed E-state index contributed by atoms with van der Waals surface area (Å²) in [6.45, 7) is 2.60. The average Bonchev–Trinajstić information content (AvgIpc) is 3.18. The largest absolute Gasteiger partial charge is 0.378 e. The van der Waals surface area contributed by atoms with Gasteiger partial charge in [0.2, 0.25) is 0 Å². The van der Waals surface area contributed by atoms with Crippen LogP contribution in [0.2, 0.25) is 5.02 Å². The van der Waals surface area contributed by atoms with Crippen LogP contribution in [-0.4, -0.2) is 51.0 Å². The molecule has 3 aromatic rings. The van der Waals surface area contributed by atoms with Crippen LogP contribution in [0.5, 0.6) is 0 Å². The predicted octanol–water partition coefficient (Wildman–Crippen LogP) is 3.90. The van der Waals surface area contributed by atoms with E-state index in [1.165, 1.54) is 0 Å². The van der Waals surface area contributed by atoms with Crippen molar-refractivity contribution in [2.45, 2.75) is 25.6 Å². The number of aromatic nitrogens is 4. The Morgan fingerprint density at radius 2 is 2.25 bits per heavy atom. The van der Waals surface area contributed by atoms with Gasteiger partial charge >= 0.3 is 0 Å². The van der Waals surface area contributed by atoms with Crippen LogP contribution in [0.1, 0.15) is 13.3 Å². The Kier molecular flexibility index (Phi) is 5.47. The number of rotatable bonds is 5. The average molecular weight is 398 g/mol. The van der Waals surface area contributed by atoms with E-state index in [0.29, 0.717) is 29.5 Å². The minimum absolute atomic E-state index is 0.0720. The molecule has 0 aromatic carbocycles. The first kappa shape index (κ1) is 18.7. The van der Waals surface area contributed by atoms with Crippen LogP contribution in [0.25, 0.3) is 16.9 Å². The molecule has 0 fully saturated rings. The van der Waals surface area contributed by atoms with E-state index in [1.807, 2.05) is 41.9 Å². The van der Waals surface area contributed by atoms with Gasteiger partial charge in [0.25, 0.3) is 0 Å². The van der Waals surface area contributed by atoms with E-state index in [2.05, 4.69) is 9.97 Å². The number of fused-ring (bicyclic) bond motifs is 1. The third-order valence-corrected chi connectivity index (χ3v) is 4.73. The predicted molar refractivity (Wildman–Crippen MR) is 108 cm³/mol. The normalized spacial score (nSPS) is 20.9. The van der Waals surface area contributed by atoms with Crippen LogP contribution in [0.3, 0.4) is 0 Å². The zero-order valence-electron chi connectivity index (χ0n) is 15.6. The number of ether oxygens (including phenoxy) is 2. The number of halogens is 1. The highest BCUT2D eigenvalue weighted by Gasteiger charge is 2.25. The molecule has 0 N–H and O–H groups in total. The fourth-order valence-corrected chi connectivity index (χ4v) is 3.37. The molecule has 8 heteroatoms. The Bertz CT molecular complexity index is 1050. The second kappa shape index (κ2) is 8.18. The van der Waals surface area contributed by atoms with Crippen LogP contribution in [0, 0.1) is 0 Å². The van der Waals surface area contributed by atoms with Crippen LogP contribution in [0.4, 0.5) is 5.82 Å². The summed E-state index contributed by atoms with van der Waals surface area (Å²) in [6.07, 6.45) is 13.2. The Balaban J connectivity index is 1.75. The molecule has 0 saturated carbocycles. The summed E-state index contributed by atoms with van der Waals surface area (Å²) < 4.78 is 13.2. The lowest BCUT2D eigenvalue weighted by molar-refractivity contribution is -0.0257. The fraction of sp³-hybridized carbons (Fsp3) is 0.300. The van der Waals surface area contributed by atoms with Gasteiger partial charge in [-0.3, -0.25) is 4.98 Å². The molecule has 0 radical (unpaired) electrons. The summed E-state index contributed by atoms with van der Waals surface area (Å²) in [5, 5.41) is 0.554. The highest BCUT2D eigenvalue weighted by Crippen LogP contribution is 2.26. The molecule has 0 saturated heterocycles. The molecule has 2 atom stereocenters. The van der Waals surface area contributed by atoms with Crippen molar-refractivity contribution in [2.75, 3.05) is 13.7 Å². The molecule has 3 aromatic heterocycles. The van der Waals surface area contributed by atoms with Gasteiger partial charge < -0.3 is 13.9 Å². The quantitative estimate of drug-likeness (QED) is 0.652. The smallest absolute Gasteiger partial charge is 0.197 e. The molecule has 0 aliphatic heterocycles. The fourth-order valence-electron chi connectivity index (χ4n) is 3.19. The van der Waals surface area contributed by atoms with E-state index >= 15 is 0 Å². The number of hydrogen-bond donors (Lipinski definition) is 0. The van der Waals surface area contributed by atoms with Crippen molar-refractivity contribution in [3.05, 3.63) is 54.2 Å². The summed E-state index contributed by atoms with van der Waals surface area (Å²) in [5.41, 5.74) is 3.08. The number of nitrogens with zero attached hydrogens (tertiary/aromatic N) is 5. The second-order valence-electron chi connectivity index (χ2n) is 6.36. The van der Waals surface area contributed by atoms with E-state index in [9.17, 15) is 0 Å². The Hall–Kier alpha value is -2.61. The number of methoxy groups -OCH3 is 1. The van der Waals surface area contributed by atoms with E-state index in [1.54, 1.807) is 25.7 Å². The molecule has 3 heterocycles. The lowest BCUT2D eigenvalue weighted by atomic mass is 9.99. The molecular weight excluding hydrogens is 378 g/mol. The minimum atomic E-state index is -0.0835. The first-order valence-electron chi connectivity index (χ1n) is 9.02. The molecule has 0 bridgehead atoms. The Morgan fingerprint density at radius 3 is 3.04 bits per heavy atom. The van der Waals surface area contributed by atoms with Crippen LogP contribution in [0.15, 0.2) is 54.2 Å². The van der Waals surface area contributed by atoms with Gasteiger partial charge in [-0.05, 0) is 19.1 Å². The molecule has 144 valence electrons. The summed E-state index contributed by atoms with van der Waals surface area (Å²) in [4.78, 5) is 18.0. The molecule has 0 amide bonds. The van der Waals surface area contributed by atoms with Gasteiger partial charge in [0, 0.05) is 62.4 Å². The summed E-state index contributed by atoms with van der Waals surface area (Å²) in [5.74, 6) is 0.534. The maximum Gasteiger partial charge on any atom is 0.197 e. The molecule has 1 aliphatic rings. The van der Waals surface area contributed by atoms with Crippen LogP contribution >= 0.6 is 11.6 Å². The zero-order chi connectivity index (χ0) is 19.5. The molecule has 0 spiro atoms. The lowest BCUT2D eigenvalue weighted by Gasteiger charge is -2.26. The maximum atomic E-state index is 6.09. The van der Waals surface area contributed by atoms with Gasteiger partial charge in [-0.1, -0.05) is 17.7 Å². The zero-order valence-corrected chi connectivity index (χ0v) is 16.4. The monoisotopic (exact) mass is 397 g/mol.